The summed E-state index contributed by atoms with van der Waals surface area (Å²) in [5, 5.41) is 3.90. The first kappa shape index (κ1) is 15.2. The van der Waals surface area contributed by atoms with Gasteiger partial charge in [0.25, 0.3) is 0 Å². The van der Waals surface area contributed by atoms with Gasteiger partial charge in [-0.2, -0.15) is 4.98 Å². The number of aryl methyl sites for hydroxylation is 3. The number of morpholine rings is 1. The van der Waals surface area contributed by atoms with Crippen LogP contribution < -0.4 is 0 Å². The van der Waals surface area contributed by atoms with Crippen LogP contribution in [0.1, 0.15) is 34.8 Å². The normalized spacial score (nSPS) is 19.2. The zero-order chi connectivity index (χ0) is 16.7. The van der Waals surface area contributed by atoms with E-state index in [-0.39, 0.29) is 6.04 Å². The molecule has 3 aromatic rings. The van der Waals surface area contributed by atoms with E-state index in [0.717, 1.165) is 35.9 Å². The molecule has 1 aliphatic heterocycles. The topological polar surface area (TPSA) is 81.6 Å². The van der Waals surface area contributed by atoms with Crippen molar-refractivity contribution in [2.45, 2.75) is 33.4 Å². The van der Waals surface area contributed by atoms with Crippen LogP contribution in [-0.2, 0) is 11.3 Å². The van der Waals surface area contributed by atoms with Gasteiger partial charge in [-0.25, -0.2) is 9.97 Å². The van der Waals surface area contributed by atoms with Crippen molar-refractivity contribution in [2.75, 3.05) is 19.8 Å². The molecule has 24 heavy (non-hydrogen) atoms. The van der Waals surface area contributed by atoms with Gasteiger partial charge in [0, 0.05) is 24.5 Å². The van der Waals surface area contributed by atoms with Crippen LogP contribution in [0.2, 0.25) is 0 Å². The molecule has 0 N–H and O–H groups in total. The van der Waals surface area contributed by atoms with Gasteiger partial charge in [-0.1, -0.05) is 5.16 Å². The predicted octanol–water partition coefficient (Wildman–Crippen LogP) is 1.61. The maximum atomic E-state index is 5.62. The van der Waals surface area contributed by atoms with Gasteiger partial charge in [-0.15, -0.1) is 0 Å². The van der Waals surface area contributed by atoms with Crippen LogP contribution >= 0.6 is 0 Å². The largest absolute Gasteiger partial charge is 0.378 e. The van der Waals surface area contributed by atoms with Crippen LogP contribution in [0.25, 0.3) is 5.78 Å². The van der Waals surface area contributed by atoms with Crippen LogP contribution in [0, 0.1) is 20.8 Å². The number of nitrogens with zero attached hydrogens (tertiary/aromatic N) is 6. The molecular formula is C16H20N6O2. The monoisotopic (exact) mass is 328 g/mol. The molecule has 4 heterocycles. The average molecular weight is 328 g/mol. The quantitative estimate of drug-likeness (QED) is 0.722. The molecule has 8 nitrogen and oxygen atoms in total. The fourth-order valence-corrected chi connectivity index (χ4v) is 3.22. The van der Waals surface area contributed by atoms with Crippen molar-refractivity contribution in [2.24, 2.45) is 0 Å². The highest BCUT2D eigenvalue weighted by Crippen LogP contribution is 2.25. The van der Waals surface area contributed by atoms with Crippen molar-refractivity contribution in [3.63, 3.8) is 0 Å². The fraction of sp³-hybridized carbons (Fsp3) is 0.500. The molecule has 0 saturated carbocycles. The maximum Gasteiger partial charge on any atom is 0.246 e. The molecule has 1 saturated heterocycles. The molecule has 0 spiro atoms. The van der Waals surface area contributed by atoms with Crippen molar-refractivity contribution in [1.29, 1.82) is 0 Å². The van der Waals surface area contributed by atoms with E-state index in [4.69, 9.17) is 9.26 Å². The van der Waals surface area contributed by atoms with Gasteiger partial charge < -0.3 is 9.26 Å². The van der Waals surface area contributed by atoms with Gasteiger partial charge in [0.05, 0.1) is 25.1 Å². The van der Waals surface area contributed by atoms with Gasteiger partial charge in [0.1, 0.15) is 6.04 Å². The number of imidazole rings is 1. The van der Waals surface area contributed by atoms with Gasteiger partial charge in [-0.3, -0.25) is 9.30 Å². The number of aromatic nitrogens is 5. The van der Waals surface area contributed by atoms with Crippen molar-refractivity contribution in [1.82, 2.24) is 29.4 Å². The smallest absolute Gasteiger partial charge is 0.246 e. The summed E-state index contributed by atoms with van der Waals surface area (Å²) in [4.78, 5) is 15.6. The Labute approximate surface area is 139 Å². The number of hydrogen-bond donors (Lipinski definition) is 0. The Hall–Kier alpha value is -2.32. The van der Waals surface area contributed by atoms with Gasteiger partial charge in [0.15, 0.2) is 5.82 Å². The second-order valence-corrected chi connectivity index (χ2v) is 6.16. The minimum atomic E-state index is -0.0378. The first-order valence-corrected chi connectivity index (χ1v) is 8.04. The summed E-state index contributed by atoms with van der Waals surface area (Å²) in [7, 11) is 0. The van der Waals surface area contributed by atoms with E-state index in [1.54, 1.807) is 0 Å². The minimum Gasteiger partial charge on any atom is -0.378 e. The molecule has 1 fully saturated rings. The predicted molar refractivity (Wildman–Crippen MR) is 85.5 cm³/mol. The zero-order valence-corrected chi connectivity index (χ0v) is 14.1. The van der Waals surface area contributed by atoms with Crippen molar-refractivity contribution in [3.8, 4) is 0 Å². The molecule has 8 heteroatoms. The van der Waals surface area contributed by atoms with E-state index in [1.807, 2.05) is 20.0 Å². The van der Waals surface area contributed by atoms with Gasteiger partial charge in [0.2, 0.25) is 11.7 Å². The molecule has 1 unspecified atom stereocenters. The standard InChI is InChI=1S/C16H20N6O2/c1-10-6-11(2)22-13(7-17-16(22)18-10)8-21-4-5-23-9-14(21)15-19-12(3)20-24-15/h6-7,14H,4-5,8-9H2,1-3H3. The number of ether oxygens (including phenoxy) is 1. The zero-order valence-electron chi connectivity index (χ0n) is 14.1. The highest BCUT2D eigenvalue weighted by atomic mass is 16.5. The molecular weight excluding hydrogens is 308 g/mol. The third-order valence-electron chi connectivity index (χ3n) is 4.30. The summed E-state index contributed by atoms with van der Waals surface area (Å²) >= 11 is 0. The molecule has 1 atom stereocenters. The maximum absolute atomic E-state index is 5.62. The number of fused-ring (bicyclic) bond motifs is 1. The summed E-state index contributed by atoms with van der Waals surface area (Å²) in [6, 6.07) is 2.03. The van der Waals surface area contributed by atoms with E-state index in [2.05, 4.69) is 42.4 Å². The molecule has 0 aromatic carbocycles. The Kier molecular flexibility index (Phi) is 3.78. The Balaban J connectivity index is 1.66. The lowest BCUT2D eigenvalue weighted by molar-refractivity contribution is -0.0247. The summed E-state index contributed by atoms with van der Waals surface area (Å²) in [6.07, 6.45) is 1.89. The average Bonchev–Trinajstić information content (AvgIpc) is 3.14. The van der Waals surface area contributed by atoms with Gasteiger partial charge >= 0.3 is 0 Å². The molecule has 4 rings (SSSR count). The Bertz CT molecular complexity index is 871. The molecule has 0 bridgehead atoms. The lowest BCUT2D eigenvalue weighted by Crippen LogP contribution is -2.39. The Morgan fingerprint density at radius 3 is 2.92 bits per heavy atom. The van der Waals surface area contributed by atoms with E-state index in [1.165, 1.54) is 0 Å². The molecule has 0 amide bonds. The minimum absolute atomic E-state index is 0.0378. The fourth-order valence-electron chi connectivity index (χ4n) is 3.22. The first-order valence-electron chi connectivity index (χ1n) is 8.04. The van der Waals surface area contributed by atoms with E-state index >= 15 is 0 Å². The summed E-state index contributed by atoms with van der Waals surface area (Å²) in [6.45, 7) is 8.65. The first-order chi connectivity index (χ1) is 11.6. The van der Waals surface area contributed by atoms with E-state index in [0.29, 0.717) is 24.9 Å². The van der Waals surface area contributed by atoms with Crippen LogP contribution in [0.4, 0.5) is 0 Å². The van der Waals surface area contributed by atoms with E-state index in [9.17, 15) is 0 Å². The van der Waals surface area contributed by atoms with Crippen LogP contribution in [0.15, 0.2) is 16.8 Å². The van der Waals surface area contributed by atoms with Crippen molar-refractivity contribution < 1.29 is 9.26 Å². The third-order valence-corrected chi connectivity index (χ3v) is 4.30. The van der Waals surface area contributed by atoms with Crippen LogP contribution in [-0.4, -0.2) is 49.2 Å². The van der Waals surface area contributed by atoms with Gasteiger partial charge in [-0.05, 0) is 26.8 Å². The molecule has 3 aromatic heterocycles. The van der Waals surface area contributed by atoms with Crippen molar-refractivity contribution in [3.05, 3.63) is 41.1 Å². The van der Waals surface area contributed by atoms with Crippen molar-refractivity contribution >= 4 is 5.78 Å². The summed E-state index contributed by atoms with van der Waals surface area (Å²) in [5.74, 6) is 1.98. The highest BCUT2D eigenvalue weighted by Gasteiger charge is 2.30. The highest BCUT2D eigenvalue weighted by molar-refractivity contribution is 5.35. The number of rotatable bonds is 3. The van der Waals surface area contributed by atoms with E-state index < -0.39 is 0 Å². The molecule has 0 aliphatic carbocycles. The third kappa shape index (κ3) is 2.67. The molecule has 1 aliphatic rings. The Morgan fingerprint density at radius 2 is 2.12 bits per heavy atom. The summed E-state index contributed by atoms with van der Waals surface area (Å²) < 4.78 is 13.1. The second kappa shape index (κ2) is 5.95. The lowest BCUT2D eigenvalue weighted by atomic mass is 10.2. The summed E-state index contributed by atoms with van der Waals surface area (Å²) in [5.41, 5.74) is 3.20. The molecule has 126 valence electrons. The SMILES string of the molecule is Cc1cc(C)n2c(CN3CCOCC3c3nc(C)no3)cnc2n1. The van der Waals surface area contributed by atoms with Crippen LogP contribution in [0.5, 0.6) is 0 Å². The number of hydrogen-bond acceptors (Lipinski definition) is 7. The molecule has 0 radical (unpaired) electrons. The Morgan fingerprint density at radius 1 is 1.25 bits per heavy atom. The second-order valence-electron chi connectivity index (χ2n) is 6.16. The lowest BCUT2D eigenvalue weighted by Gasteiger charge is -2.33. The van der Waals surface area contributed by atoms with Crippen LogP contribution in [0.3, 0.4) is 0 Å².